The first-order chi connectivity index (χ1) is 13.0. The van der Waals surface area contributed by atoms with Crippen molar-refractivity contribution >= 4 is 5.78 Å². The lowest BCUT2D eigenvalue weighted by molar-refractivity contribution is -0.306. The van der Waals surface area contributed by atoms with Gasteiger partial charge in [0.1, 0.15) is 30.0 Å². The van der Waals surface area contributed by atoms with Crippen LogP contribution in [0.3, 0.4) is 0 Å². The molecule has 0 aromatic rings. The van der Waals surface area contributed by atoms with Gasteiger partial charge in [-0.05, 0) is 24.6 Å². The third kappa shape index (κ3) is 4.37. The van der Waals surface area contributed by atoms with E-state index in [0.717, 1.165) is 0 Å². The summed E-state index contributed by atoms with van der Waals surface area (Å²) in [6.45, 7) is 3.96. The van der Waals surface area contributed by atoms with Crippen molar-refractivity contribution in [3.63, 3.8) is 0 Å². The number of carbonyl (C=O) groups is 1. The molecule has 1 saturated heterocycles. The normalized spacial score (nSPS) is 39.8. The van der Waals surface area contributed by atoms with Crippen LogP contribution < -0.4 is 0 Å². The summed E-state index contributed by atoms with van der Waals surface area (Å²) in [5.74, 6) is -0.183. The lowest BCUT2D eigenvalue weighted by Gasteiger charge is -2.44. The Morgan fingerprint density at radius 2 is 1.89 bits per heavy atom. The number of aliphatic hydroxyl groups excluding tert-OH is 5. The molecule has 9 nitrogen and oxygen atoms in total. The van der Waals surface area contributed by atoms with E-state index in [2.05, 4.69) is 0 Å². The average Bonchev–Trinajstić information content (AvgIpc) is 2.63. The van der Waals surface area contributed by atoms with Crippen LogP contribution in [0.4, 0.5) is 0 Å². The van der Waals surface area contributed by atoms with E-state index in [1.54, 1.807) is 20.8 Å². The molecular weight excluding hydrogens is 372 g/mol. The molecule has 28 heavy (non-hydrogen) atoms. The molecule has 0 spiro atoms. The molecule has 0 saturated carbocycles. The molecule has 160 valence electrons. The first-order valence-electron chi connectivity index (χ1n) is 9.19. The highest BCUT2D eigenvalue weighted by Crippen LogP contribution is 2.44. The SMILES string of the molecule is C[C@@H](/C=C/[C@@]1(O)C(CO)=CC(=O)CC1(C)C)O[C@@H]1O[C@H](CO)[C@@H](O)[C@H](O)[C@H]1O. The molecule has 0 amide bonds. The zero-order valence-electron chi connectivity index (χ0n) is 16.2. The van der Waals surface area contributed by atoms with E-state index >= 15 is 0 Å². The van der Waals surface area contributed by atoms with Gasteiger partial charge in [-0.3, -0.25) is 4.79 Å². The second-order valence-corrected chi connectivity index (χ2v) is 8.02. The maximum absolute atomic E-state index is 11.8. The second-order valence-electron chi connectivity index (χ2n) is 8.02. The number of allylic oxidation sites excluding steroid dienone is 1. The predicted molar refractivity (Wildman–Crippen MR) is 97.0 cm³/mol. The molecule has 1 aliphatic heterocycles. The largest absolute Gasteiger partial charge is 0.394 e. The minimum atomic E-state index is -1.58. The maximum Gasteiger partial charge on any atom is 0.187 e. The summed E-state index contributed by atoms with van der Waals surface area (Å²) in [5.41, 5.74) is -2.27. The van der Waals surface area contributed by atoms with Crippen LogP contribution in [0.2, 0.25) is 0 Å². The summed E-state index contributed by atoms with van der Waals surface area (Å²) in [4.78, 5) is 11.8. The number of ether oxygens (including phenoxy) is 2. The van der Waals surface area contributed by atoms with Crippen molar-refractivity contribution in [3.8, 4) is 0 Å². The van der Waals surface area contributed by atoms with Gasteiger partial charge in [-0.15, -0.1) is 0 Å². The lowest BCUT2D eigenvalue weighted by atomic mass is 9.64. The fourth-order valence-corrected chi connectivity index (χ4v) is 3.57. The Morgan fingerprint density at radius 3 is 2.46 bits per heavy atom. The summed E-state index contributed by atoms with van der Waals surface area (Å²) < 4.78 is 10.8. The summed E-state index contributed by atoms with van der Waals surface area (Å²) in [7, 11) is 0. The Bertz CT molecular complexity index is 627. The van der Waals surface area contributed by atoms with E-state index in [4.69, 9.17) is 9.47 Å². The first kappa shape index (κ1) is 23.1. The highest BCUT2D eigenvalue weighted by molar-refractivity contribution is 5.93. The minimum Gasteiger partial charge on any atom is -0.394 e. The number of hydrogen-bond acceptors (Lipinski definition) is 9. The maximum atomic E-state index is 11.8. The third-order valence-electron chi connectivity index (χ3n) is 5.45. The Morgan fingerprint density at radius 1 is 1.25 bits per heavy atom. The molecule has 2 rings (SSSR count). The highest BCUT2D eigenvalue weighted by Gasteiger charge is 2.48. The van der Waals surface area contributed by atoms with E-state index in [9.17, 15) is 35.4 Å². The molecule has 0 bridgehead atoms. The molecule has 0 radical (unpaired) electrons. The highest BCUT2D eigenvalue weighted by atomic mass is 16.7. The first-order valence-corrected chi connectivity index (χ1v) is 9.19. The van der Waals surface area contributed by atoms with Crippen molar-refractivity contribution in [2.75, 3.05) is 13.2 Å². The number of carbonyl (C=O) groups excluding carboxylic acids is 1. The van der Waals surface area contributed by atoms with E-state index in [1.165, 1.54) is 18.2 Å². The average molecular weight is 402 g/mol. The van der Waals surface area contributed by atoms with Crippen molar-refractivity contribution < 1.29 is 44.9 Å². The minimum absolute atomic E-state index is 0.0965. The van der Waals surface area contributed by atoms with Gasteiger partial charge in [0, 0.05) is 11.8 Å². The third-order valence-corrected chi connectivity index (χ3v) is 5.45. The van der Waals surface area contributed by atoms with Gasteiger partial charge in [0.25, 0.3) is 0 Å². The lowest BCUT2D eigenvalue weighted by Crippen LogP contribution is -2.59. The summed E-state index contributed by atoms with van der Waals surface area (Å²) in [5, 5.41) is 59.6. The van der Waals surface area contributed by atoms with Gasteiger partial charge in [-0.2, -0.15) is 0 Å². The molecule has 2 aliphatic rings. The topological polar surface area (TPSA) is 157 Å². The molecule has 0 aromatic heterocycles. The summed E-state index contributed by atoms with van der Waals surface area (Å²) in [6.07, 6.45) is -3.43. The Kier molecular flexibility index (Phi) is 7.17. The second kappa shape index (κ2) is 8.68. The smallest absolute Gasteiger partial charge is 0.187 e. The number of aliphatic hydroxyl groups is 6. The van der Waals surface area contributed by atoms with Crippen LogP contribution >= 0.6 is 0 Å². The molecule has 1 heterocycles. The van der Waals surface area contributed by atoms with Gasteiger partial charge in [0.05, 0.1) is 19.3 Å². The molecule has 0 unspecified atom stereocenters. The summed E-state index contributed by atoms with van der Waals surface area (Å²) in [6, 6.07) is 0. The van der Waals surface area contributed by atoms with Crippen molar-refractivity contribution in [1.29, 1.82) is 0 Å². The van der Waals surface area contributed by atoms with E-state index in [-0.39, 0.29) is 17.8 Å². The molecular formula is C19H30O9. The zero-order valence-corrected chi connectivity index (χ0v) is 16.2. The Labute approximate surface area is 163 Å². The van der Waals surface area contributed by atoms with E-state index in [0.29, 0.717) is 0 Å². The standard InChI is InChI=1S/C19H30O9/c1-10(27-17-16(25)15(24)14(23)13(9-21)28-17)4-5-19(26)11(8-20)6-12(22)7-18(19,2)3/h4-6,10,13-17,20-21,23-26H,7-9H2,1-3H3/b5-4+/t10-,13+,14+,15-,16+,17+,19+/m0/s1. The van der Waals surface area contributed by atoms with Crippen LogP contribution in [0.25, 0.3) is 0 Å². The van der Waals surface area contributed by atoms with Crippen LogP contribution in [0, 0.1) is 5.41 Å². The van der Waals surface area contributed by atoms with Crippen molar-refractivity contribution in [3.05, 3.63) is 23.8 Å². The molecule has 0 aromatic carbocycles. The van der Waals surface area contributed by atoms with Gasteiger partial charge >= 0.3 is 0 Å². The van der Waals surface area contributed by atoms with Gasteiger partial charge in [-0.1, -0.05) is 19.9 Å². The Balaban J connectivity index is 2.15. The molecule has 9 heteroatoms. The predicted octanol–water partition coefficient (Wildman–Crippen LogP) is -1.60. The number of rotatable bonds is 6. The Hall–Kier alpha value is -1.17. The fourth-order valence-electron chi connectivity index (χ4n) is 3.57. The van der Waals surface area contributed by atoms with Crippen LogP contribution in [0.15, 0.2) is 23.8 Å². The van der Waals surface area contributed by atoms with E-state index < -0.39 is 61.0 Å². The van der Waals surface area contributed by atoms with Crippen LogP contribution in [-0.4, -0.2) is 92.0 Å². The van der Waals surface area contributed by atoms with Gasteiger partial charge in [0.2, 0.25) is 0 Å². The van der Waals surface area contributed by atoms with Crippen molar-refractivity contribution in [1.82, 2.24) is 0 Å². The number of hydrogen-bond donors (Lipinski definition) is 6. The van der Waals surface area contributed by atoms with Crippen molar-refractivity contribution in [2.24, 2.45) is 5.41 Å². The quantitative estimate of drug-likeness (QED) is 0.288. The van der Waals surface area contributed by atoms with Crippen LogP contribution in [0.5, 0.6) is 0 Å². The van der Waals surface area contributed by atoms with E-state index in [1.807, 2.05) is 0 Å². The van der Waals surface area contributed by atoms with Crippen LogP contribution in [0.1, 0.15) is 27.2 Å². The van der Waals surface area contributed by atoms with Crippen LogP contribution in [-0.2, 0) is 14.3 Å². The van der Waals surface area contributed by atoms with Gasteiger partial charge in [0.15, 0.2) is 12.1 Å². The monoisotopic (exact) mass is 402 g/mol. The molecule has 1 fully saturated rings. The summed E-state index contributed by atoms with van der Waals surface area (Å²) >= 11 is 0. The zero-order chi connectivity index (χ0) is 21.3. The molecule has 7 atom stereocenters. The molecule has 6 N–H and O–H groups in total. The van der Waals surface area contributed by atoms with Gasteiger partial charge < -0.3 is 40.1 Å². The van der Waals surface area contributed by atoms with Crippen molar-refractivity contribution in [2.45, 2.75) is 69.6 Å². The molecule has 1 aliphatic carbocycles. The van der Waals surface area contributed by atoms with Gasteiger partial charge in [-0.25, -0.2) is 0 Å². The fraction of sp³-hybridized carbons (Fsp3) is 0.737. The number of ketones is 1.